The molecule has 134 valence electrons. The molecule has 2 aromatic carbocycles. The van der Waals surface area contributed by atoms with Crippen LogP contribution in [0.3, 0.4) is 0 Å². The molecule has 0 fully saturated rings. The number of aliphatic hydroxyl groups excluding tert-OH is 1. The van der Waals surface area contributed by atoms with Crippen molar-refractivity contribution in [1.29, 1.82) is 0 Å². The summed E-state index contributed by atoms with van der Waals surface area (Å²) in [5.41, 5.74) is 3.74. The van der Waals surface area contributed by atoms with Gasteiger partial charge in [0.2, 0.25) is 0 Å². The molecule has 0 amide bonds. The molecule has 0 heterocycles. The molecule has 1 unspecified atom stereocenters. The number of nitrogens with one attached hydrogen (secondary N) is 1. The molecule has 6 heteroatoms. The molecule has 2 aromatic rings. The van der Waals surface area contributed by atoms with Gasteiger partial charge in [-0.1, -0.05) is 42.5 Å². The Hall–Kier alpha value is -0.386. The third kappa shape index (κ3) is 4.87. The van der Waals surface area contributed by atoms with Gasteiger partial charge in [0, 0.05) is 11.1 Å². The van der Waals surface area contributed by atoms with Crippen LogP contribution in [0.25, 0.3) is 11.1 Å². The van der Waals surface area contributed by atoms with E-state index in [4.69, 9.17) is 0 Å². The minimum Gasteiger partial charge on any atom is -1.00 e. The van der Waals surface area contributed by atoms with Gasteiger partial charge in [0.15, 0.2) is 5.72 Å². The summed E-state index contributed by atoms with van der Waals surface area (Å²) >= 11 is 0. The van der Waals surface area contributed by atoms with Crippen LogP contribution in [0.15, 0.2) is 42.5 Å². The Labute approximate surface area is 176 Å². The number of benzene rings is 2. The first-order valence-corrected chi connectivity index (χ1v) is 7.67. The molecule has 3 nitrogen and oxygen atoms in total. The first-order valence-electron chi connectivity index (χ1n) is 7.67. The fraction of sp³-hybridized carbons (Fsp3) is 0.368. The average Bonchev–Trinajstić information content (AvgIpc) is 2.83. The summed E-state index contributed by atoms with van der Waals surface area (Å²) in [7, 11) is 0. The van der Waals surface area contributed by atoms with Gasteiger partial charge in [0.25, 0.3) is 0 Å². The molecule has 0 saturated carbocycles. The molecule has 0 saturated heterocycles. The van der Waals surface area contributed by atoms with Gasteiger partial charge >= 0.3 is 21.7 Å². The second-order valence-corrected chi connectivity index (χ2v) is 7.06. The normalized spacial score (nSPS) is 14.1. The van der Waals surface area contributed by atoms with Crippen LogP contribution in [-0.4, -0.2) is 22.4 Å². The summed E-state index contributed by atoms with van der Waals surface area (Å²) in [4.78, 5) is 0. The van der Waals surface area contributed by atoms with E-state index in [1.54, 1.807) is 0 Å². The van der Waals surface area contributed by atoms with E-state index in [-0.39, 0.29) is 58.7 Å². The van der Waals surface area contributed by atoms with Gasteiger partial charge < -0.3 is 35.0 Å². The Morgan fingerprint density at radius 3 is 2.16 bits per heavy atom. The van der Waals surface area contributed by atoms with E-state index in [0.29, 0.717) is 0 Å². The summed E-state index contributed by atoms with van der Waals surface area (Å²) in [6, 6.07) is 14.2. The molecule has 0 aromatic heterocycles. The largest absolute Gasteiger partial charge is 2.00 e. The second-order valence-electron chi connectivity index (χ2n) is 7.06. The van der Waals surface area contributed by atoms with Gasteiger partial charge in [-0.05, 0) is 49.4 Å². The molecule has 0 radical (unpaired) electrons. The van der Waals surface area contributed by atoms with E-state index in [9.17, 15) is 10.2 Å². The quantitative estimate of drug-likeness (QED) is 0.312. The number of rotatable bonds is 3. The number of aliphatic hydroxyl groups is 2. The van der Waals surface area contributed by atoms with Crippen LogP contribution in [0.4, 0.5) is 0 Å². The standard InChI is InChI=1S/C19H23NO2.2ClH.Ti/c1-18(2,3)20-19(22,12-21)17-10-6-9-15-14-8-5-4-7-13(14)11-16(15)17;;;/h4-10,20-22H,11-12H2,1-3H3;2*1H;/q;;;+2/p-2. The number of halogens is 2. The predicted molar refractivity (Wildman–Crippen MR) is 88.6 cm³/mol. The summed E-state index contributed by atoms with van der Waals surface area (Å²) in [6.07, 6.45) is 0.788. The summed E-state index contributed by atoms with van der Waals surface area (Å²) in [5.74, 6) is 0. The molecular weight excluding hydrogens is 393 g/mol. The first kappa shape index (κ1) is 24.6. The summed E-state index contributed by atoms with van der Waals surface area (Å²) < 4.78 is 0. The molecule has 0 spiro atoms. The third-order valence-corrected chi connectivity index (χ3v) is 4.11. The monoisotopic (exact) mass is 415 g/mol. The summed E-state index contributed by atoms with van der Waals surface area (Å²) in [6.45, 7) is 5.57. The van der Waals surface area contributed by atoms with E-state index in [0.717, 1.165) is 23.1 Å². The van der Waals surface area contributed by atoms with Crippen LogP contribution >= 0.6 is 0 Å². The molecule has 25 heavy (non-hydrogen) atoms. The van der Waals surface area contributed by atoms with Crippen LogP contribution < -0.4 is 30.1 Å². The number of fused-ring (bicyclic) bond motifs is 3. The van der Waals surface area contributed by atoms with Gasteiger partial charge in [-0.25, -0.2) is 0 Å². The van der Waals surface area contributed by atoms with Crippen molar-refractivity contribution in [1.82, 2.24) is 5.32 Å². The maximum atomic E-state index is 11.0. The van der Waals surface area contributed by atoms with Gasteiger partial charge in [-0.3, -0.25) is 5.32 Å². The Bertz CT molecular complexity index is 719. The third-order valence-electron chi connectivity index (χ3n) is 4.11. The van der Waals surface area contributed by atoms with Gasteiger partial charge in [0.05, 0.1) is 6.61 Å². The predicted octanol–water partition coefficient (Wildman–Crippen LogP) is -3.21. The second kappa shape index (κ2) is 9.01. The molecule has 3 rings (SSSR count). The number of hydrogen-bond donors (Lipinski definition) is 3. The Balaban J connectivity index is 0.00000192. The molecule has 1 aliphatic carbocycles. The molecular formula is C19H23Cl2NO2Ti. The average molecular weight is 416 g/mol. The van der Waals surface area contributed by atoms with Crippen molar-refractivity contribution in [3.63, 3.8) is 0 Å². The molecule has 3 N–H and O–H groups in total. The molecule has 0 bridgehead atoms. The van der Waals surface area contributed by atoms with Crippen molar-refractivity contribution in [2.75, 3.05) is 6.61 Å². The number of hydrogen-bond acceptors (Lipinski definition) is 3. The molecule has 0 aliphatic heterocycles. The first-order chi connectivity index (χ1) is 10.3. The minimum atomic E-state index is -1.44. The Morgan fingerprint density at radius 2 is 1.56 bits per heavy atom. The van der Waals surface area contributed by atoms with Crippen molar-refractivity contribution in [2.24, 2.45) is 0 Å². The Kier molecular flexibility index (Phi) is 8.87. The zero-order valence-corrected chi connectivity index (χ0v) is 17.7. The van der Waals surface area contributed by atoms with Crippen molar-refractivity contribution in [2.45, 2.75) is 38.5 Å². The maximum absolute atomic E-state index is 11.0. The smallest absolute Gasteiger partial charge is 1.00 e. The topological polar surface area (TPSA) is 52.5 Å². The van der Waals surface area contributed by atoms with Crippen LogP contribution in [0, 0.1) is 0 Å². The van der Waals surface area contributed by atoms with E-state index >= 15 is 0 Å². The van der Waals surface area contributed by atoms with Crippen molar-refractivity contribution in [3.05, 3.63) is 59.2 Å². The van der Waals surface area contributed by atoms with E-state index in [2.05, 4.69) is 23.5 Å². The molecule has 1 aliphatic rings. The minimum absolute atomic E-state index is 0. The fourth-order valence-electron chi connectivity index (χ4n) is 3.36. The SMILES string of the molecule is CC(C)(C)NC(O)(CO)c1cccc2c1Cc1ccccc1-2.[Cl-].[Cl-].[Ti+2]. The maximum Gasteiger partial charge on any atom is 2.00 e. The summed E-state index contributed by atoms with van der Waals surface area (Å²) in [5, 5.41) is 24.0. The van der Waals surface area contributed by atoms with Crippen molar-refractivity contribution < 1.29 is 56.7 Å². The van der Waals surface area contributed by atoms with Crippen LogP contribution in [0.1, 0.15) is 37.5 Å². The zero-order valence-electron chi connectivity index (χ0n) is 14.6. The van der Waals surface area contributed by atoms with Crippen molar-refractivity contribution >= 4 is 0 Å². The van der Waals surface area contributed by atoms with E-state index in [1.807, 2.05) is 45.0 Å². The van der Waals surface area contributed by atoms with Crippen LogP contribution in [-0.2, 0) is 33.9 Å². The van der Waals surface area contributed by atoms with Crippen LogP contribution in [0.5, 0.6) is 0 Å². The van der Waals surface area contributed by atoms with E-state index in [1.165, 1.54) is 11.1 Å². The van der Waals surface area contributed by atoms with E-state index < -0.39 is 5.72 Å². The van der Waals surface area contributed by atoms with Crippen LogP contribution in [0.2, 0.25) is 0 Å². The molecule has 1 atom stereocenters. The Morgan fingerprint density at radius 1 is 0.960 bits per heavy atom. The zero-order chi connectivity index (χ0) is 16.0. The van der Waals surface area contributed by atoms with Gasteiger partial charge in [-0.15, -0.1) is 0 Å². The van der Waals surface area contributed by atoms with Gasteiger partial charge in [-0.2, -0.15) is 0 Å². The van der Waals surface area contributed by atoms with Gasteiger partial charge in [0.1, 0.15) is 0 Å². The fourth-order valence-corrected chi connectivity index (χ4v) is 3.36. The van der Waals surface area contributed by atoms with Crippen molar-refractivity contribution in [3.8, 4) is 11.1 Å².